The van der Waals surface area contributed by atoms with Crippen molar-refractivity contribution in [2.24, 2.45) is 0 Å². The lowest BCUT2D eigenvalue weighted by Gasteiger charge is -2.15. The monoisotopic (exact) mass is 459 g/mol. The van der Waals surface area contributed by atoms with E-state index in [9.17, 15) is 13.2 Å². The molecule has 0 unspecified atom stereocenters. The topological polar surface area (TPSA) is 54.5 Å². The Morgan fingerprint density at radius 3 is 1.90 bits per heavy atom. The van der Waals surface area contributed by atoms with Crippen LogP contribution < -0.4 is 0 Å². The first-order valence-corrected chi connectivity index (χ1v) is 20.6. The molecule has 0 bridgehead atoms. The number of hydrogen-bond donors (Lipinski definition) is 0. The van der Waals surface area contributed by atoms with Gasteiger partial charge in [-0.25, -0.2) is 12.7 Å². The van der Waals surface area contributed by atoms with Gasteiger partial charge in [-0.3, -0.25) is 4.79 Å². The van der Waals surface area contributed by atoms with Gasteiger partial charge in [0.25, 0.3) is 15.9 Å². The highest BCUT2D eigenvalue weighted by Gasteiger charge is 2.40. The number of rotatable bonds is 3. The molecule has 1 amide bonds. The van der Waals surface area contributed by atoms with Crippen LogP contribution in [-0.2, 0) is 10.0 Å². The van der Waals surface area contributed by atoms with Crippen molar-refractivity contribution in [1.82, 2.24) is 4.31 Å². The zero-order valence-electron chi connectivity index (χ0n) is 18.3. The van der Waals surface area contributed by atoms with Crippen molar-refractivity contribution in [2.75, 3.05) is 6.54 Å². The maximum atomic E-state index is 12.7. The molecule has 0 aromatic heterocycles. The summed E-state index contributed by atoms with van der Waals surface area (Å²) >= 11 is 0. The minimum atomic E-state index is -3.79. The molecule has 1 aliphatic rings. The van der Waals surface area contributed by atoms with Gasteiger partial charge < -0.3 is 0 Å². The van der Waals surface area contributed by atoms with Gasteiger partial charge in [-0.1, -0.05) is 63.2 Å². The molecule has 0 aliphatic carbocycles. The fourth-order valence-corrected chi connectivity index (χ4v) is 9.95. The molecule has 1 aromatic rings. The lowest BCUT2D eigenvalue weighted by molar-refractivity contribution is 0.0880. The number of sulfonamides is 1. The predicted octanol–water partition coefficient (Wildman–Crippen LogP) is 3.85. The van der Waals surface area contributed by atoms with Gasteiger partial charge in [-0.05, 0) is 18.7 Å². The van der Waals surface area contributed by atoms with Crippen molar-refractivity contribution in [3.8, 4) is 22.2 Å². The number of carbonyl (C=O) groups excluding carboxylic acids is 1. The molecule has 0 N–H and O–H groups in total. The molecule has 29 heavy (non-hydrogen) atoms. The van der Waals surface area contributed by atoms with Crippen LogP contribution in [0.3, 0.4) is 0 Å². The van der Waals surface area contributed by atoms with Crippen LogP contribution in [0.1, 0.15) is 10.4 Å². The molecule has 154 valence electrons. The molecule has 0 radical (unpaired) electrons. The Morgan fingerprint density at radius 1 is 0.897 bits per heavy atom. The molecular formula is C21H29NO3SSi3. The Labute approximate surface area is 178 Å². The molecule has 1 heterocycles. The molecule has 0 saturated heterocycles. The van der Waals surface area contributed by atoms with Gasteiger partial charge in [0.05, 0.1) is 12.1 Å². The van der Waals surface area contributed by atoms with Gasteiger partial charge in [0.1, 0.15) is 21.0 Å². The summed E-state index contributed by atoms with van der Waals surface area (Å²) in [6, 6.07) is 6.33. The maximum Gasteiger partial charge on any atom is 0.269 e. The number of fused-ring (bicyclic) bond motifs is 1. The van der Waals surface area contributed by atoms with Crippen LogP contribution in [0, 0.1) is 22.2 Å². The SMILES string of the molecule is C[Si](C)(C)C#C[Si](C)(C#C[Si](C)(C)C)/C=C/CN1C(=O)c2ccccc2S1(=O)=O. The summed E-state index contributed by atoms with van der Waals surface area (Å²) in [5.41, 5.74) is 16.0. The second kappa shape index (κ2) is 8.11. The van der Waals surface area contributed by atoms with Gasteiger partial charge in [-0.15, -0.1) is 22.2 Å². The van der Waals surface area contributed by atoms with Crippen LogP contribution in [-0.4, -0.2) is 49.4 Å². The quantitative estimate of drug-likeness (QED) is 0.510. The minimum absolute atomic E-state index is 0.00168. The molecular weight excluding hydrogens is 431 g/mol. The lowest BCUT2D eigenvalue weighted by atomic mass is 10.2. The predicted molar refractivity (Wildman–Crippen MR) is 128 cm³/mol. The third-order valence-corrected chi connectivity index (χ3v) is 10.3. The summed E-state index contributed by atoms with van der Waals surface area (Å²) in [6.45, 7) is 15.2. The molecule has 2 rings (SSSR count). The van der Waals surface area contributed by atoms with Gasteiger partial charge in [0.15, 0.2) is 0 Å². The van der Waals surface area contributed by atoms with Crippen molar-refractivity contribution in [3.05, 3.63) is 41.6 Å². The van der Waals surface area contributed by atoms with E-state index in [0.717, 1.165) is 4.31 Å². The number of amides is 1. The standard InChI is InChI=1S/C21H29NO3SSi3/c1-27(2,3)15-17-29(7,18-16-28(4,5)6)14-10-13-22-21(23)19-11-8-9-12-20(19)26(22,24)25/h8-12,14H,13H2,1-7H3/b14-10+. The van der Waals surface area contributed by atoms with Gasteiger partial charge in [0.2, 0.25) is 8.07 Å². The van der Waals surface area contributed by atoms with E-state index >= 15 is 0 Å². The van der Waals surface area contributed by atoms with Crippen LogP contribution >= 0.6 is 0 Å². The minimum Gasteiger partial charge on any atom is -0.268 e. The number of benzene rings is 1. The summed E-state index contributed by atoms with van der Waals surface area (Å²) < 4.78 is 26.3. The Bertz CT molecular complexity index is 1040. The number of hydrogen-bond acceptors (Lipinski definition) is 3. The third-order valence-electron chi connectivity index (χ3n) is 4.03. The van der Waals surface area contributed by atoms with Crippen molar-refractivity contribution >= 4 is 40.2 Å². The zero-order valence-corrected chi connectivity index (χ0v) is 22.1. The third kappa shape index (κ3) is 6.06. The van der Waals surface area contributed by atoms with Gasteiger partial charge >= 0.3 is 0 Å². The fourth-order valence-electron chi connectivity index (χ4n) is 2.54. The largest absolute Gasteiger partial charge is 0.269 e. The molecule has 4 nitrogen and oxygen atoms in total. The Balaban J connectivity index is 2.34. The van der Waals surface area contributed by atoms with E-state index in [1.165, 1.54) is 6.07 Å². The van der Waals surface area contributed by atoms with Crippen LogP contribution in [0.4, 0.5) is 0 Å². The summed E-state index contributed by atoms with van der Waals surface area (Å²) in [7, 11) is -9.27. The van der Waals surface area contributed by atoms with E-state index in [2.05, 4.69) is 68.0 Å². The van der Waals surface area contributed by atoms with Crippen molar-refractivity contribution in [3.63, 3.8) is 0 Å². The molecule has 0 atom stereocenters. The average molecular weight is 460 g/mol. The van der Waals surface area contributed by atoms with E-state index in [-0.39, 0.29) is 17.0 Å². The first-order chi connectivity index (χ1) is 13.1. The van der Waals surface area contributed by atoms with Crippen molar-refractivity contribution in [2.45, 2.75) is 50.7 Å². The van der Waals surface area contributed by atoms with E-state index in [1.807, 2.05) is 5.70 Å². The van der Waals surface area contributed by atoms with Crippen LogP contribution in [0.15, 0.2) is 40.9 Å². The van der Waals surface area contributed by atoms with E-state index in [1.54, 1.807) is 24.3 Å². The van der Waals surface area contributed by atoms with E-state index in [4.69, 9.17) is 0 Å². The highest BCUT2D eigenvalue weighted by molar-refractivity contribution is 7.90. The summed E-state index contributed by atoms with van der Waals surface area (Å²) in [5.74, 6) is -0.477. The highest BCUT2D eigenvalue weighted by atomic mass is 32.2. The van der Waals surface area contributed by atoms with Crippen LogP contribution in [0.25, 0.3) is 0 Å². The molecule has 0 spiro atoms. The first kappa shape index (κ1) is 23.4. The summed E-state index contributed by atoms with van der Waals surface area (Å²) in [5, 5.41) is 0. The van der Waals surface area contributed by atoms with Crippen LogP contribution in [0.2, 0.25) is 45.8 Å². The zero-order chi connectivity index (χ0) is 22.1. The lowest BCUT2D eigenvalue weighted by Crippen LogP contribution is -2.32. The first-order valence-electron chi connectivity index (χ1n) is 9.57. The summed E-state index contributed by atoms with van der Waals surface area (Å²) in [6.07, 6.45) is 1.76. The normalized spacial score (nSPS) is 16.1. The highest BCUT2D eigenvalue weighted by Crippen LogP contribution is 2.29. The second-order valence-corrected chi connectivity index (χ2v) is 24.0. The van der Waals surface area contributed by atoms with Crippen molar-refractivity contribution in [1.29, 1.82) is 0 Å². The van der Waals surface area contributed by atoms with Gasteiger partial charge in [-0.2, -0.15) is 0 Å². The second-order valence-electron chi connectivity index (χ2n) is 9.44. The Hall–Kier alpha value is -1.85. The molecule has 1 aliphatic heterocycles. The average Bonchev–Trinajstić information content (AvgIpc) is 2.78. The molecule has 8 heteroatoms. The molecule has 1 aromatic carbocycles. The van der Waals surface area contributed by atoms with Gasteiger partial charge in [0, 0.05) is 0 Å². The smallest absolute Gasteiger partial charge is 0.268 e. The summed E-state index contributed by atoms with van der Waals surface area (Å²) in [4.78, 5) is 12.6. The van der Waals surface area contributed by atoms with E-state index < -0.39 is 40.2 Å². The molecule has 0 saturated carbocycles. The van der Waals surface area contributed by atoms with Crippen molar-refractivity contribution < 1.29 is 13.2 Å². The van der Waals surface area contributed by atoms with Crippen LogP contribution in [0.5, 0.6) is 0 Å². The number of carbonyl (C=O) groups is 1. The fraction of sp³-hybridized carbons (Fsp3) is 0.381. The van der Waals surface area contributed by atoms with E-state index in [0.29, 0.717) is 0 Å². The number of nitrogens with zero attached hydrogens (tertiary/aromatic N) is 1. The Kier molecular flexibility index (Phi) is 6.56. The maximum absolute atomic E-state index is 12.7. The molecule has 0 fully saturated rings. The Morgan fingerprint density at radius 2 is 1.41 bits per heavy atom.